The van der Waals surface area contributed by atoms with E-state index in [1.807, 2.05) is 0 Å². The van der Waals surface area contributed by atoms with Crippen LogP contribution in [0.1, 0.15) is 52.3 Å². The number of nitrogens with zero attached hydrogens (tertiary/aromatic N) is 2. The molecule has 3 heterocycles. The predicted molar refractivity (Wildman–Crippen MR) is 104 cm³/mol. The van der Waals surface area contributed by atoms with E-state index in [1.165, 1.54) is 24.3 Å². The van der Waals surface area contributed by atoms with Gasteiger partial charge in [0.05, 0.1) is 36.1 Å². The Labute approximate surface area is 199 Å². The van der Waals surface area contributed by atoms with Crippen molar-refractivity contribution in [2.24, 2.45) is 0 Å². The number of halogens is 7. The second kappa shape index (κ2) is 8.70. The van der Waals surface area contributed by atoms with Crippen LogP contribution in [0.25, 0.3) is 0 Å². The minimum Gasteiger partial charge on any atom is -0.449 e. The molecule has 5 rings (SSSR count). The third-order valence-electron chi connectivity index (χ3n) is 6.39. The normalized spacial score (nSPS) is 27.9. The highest BCUT2D eigenvalue weighted by Crippen LogP contribution is 2.56. The monoisotopic (exact) mass is 524 g/mol. The Bertz CT molecular complexity index is 1130. The van der Waals surface area contributed by atoms with Crippen LogP contribution in [0.3, 0.4) is 0 Å². The number of hydrogen-bond acceptors (Lipinski definition) is 6. The highest BCUT2D eigenvalue weighted by Gasteiger charge is 2.65. The van der Waals surface area contributed by atoms with Crippen molar-refractivity contribution in [2.45, 2.75) is 55.4 Å². The van der Waals surface area contributed by atoms with Gasteiger partial charge in [0.2, 0.25) is 12.0 Å². The number of ether oxygens (including phenoxy) is 4. The van der Waals surface area contributed by atoms with E-state index in [2.05, 4.69) is 5.10 Å². The zero-order valence-electron chi connectivity index (χ0n) is 18.3. The van der Waals surface area contributed by atoms with E-state index in [0.29, 0.717) is 4.68 Å². The zero-order valence-corrected chi connectivity index (χ0v) is 18.3. The van der Waals surface area contributed by atoms with Gasteiger partial charge in [0.1, 0.15) is 0 Å². The van der Waals surface area contributed by atoms with Crippen molar-refractivity contribution in [1.29, 1.82) is 0 Å². The first-order valence-corrected chi connectivity index (χ1v) is 11.0. The van der Waals surface area contributed by atoms with E-state index in [9.17, 15) is 31.1 Å². The first kappa shape index (κ1) is 25.0. The first-order chi connectivity index (χ1) is 16.9. The standard InChI is InChI=1S/C22H19F7N2O5/c23-17-16(36-19(32)11-4-2-1-3-5-11)15-14(20(17)34-8-9-35-20)18(22(27,28)29)30-31(15)12-6-7-33-13(10-12)21(24,25)26/h1-5,12-13,16-17H,6-10H2/t12-,13+,16-,17+/m0/s1. The van der Waals surface area contributed by atoms with Gasteiger partial charge in [-0.3, -0.25) is 4.68 Å². The van der Waals surface area contributed by atoms with Gasteiger partial charge in [0.25, 0.3) is 0 Å². The van der Waals surface area contributed by atoms with Crippen molar-refractivity contribution in [3.63, 3.8) is 0 Å². The summed E-state index contributed by atoms with van der Waals surface area (Å²) in [7, 11) is 0. The molecule has 196 valence electrons. The molecule has 36 heavy (non-hydrogen) atoms. The van der Waals surface area contributed by atoms with Crippen LogP contribution < -0.4 is 0 Å². The van der Waals surface area contributed by atoms with Gasteiger partial charge in [-0.2, -0.15) is 31.4 Å². The quantitative estimate of drug-likeness (QED) is 0.431. The average molecular weight is 524 g/mol. The van der Waals surface area contributed by atoms with Crippen LogP contribution in [0, 0.1) is 0 Å². The Morgan fingerprint density at radius 2 is 1.72 bits per heavy atom. The molecule has 4 atom stereocenters. The summed E-state index contributed by atoms with van der Waals surface area (Å²) in [6.45, 7) is -0.930. The molecule has 7 nitrogen and oxygen atoms in total. The summed E-state index contributed by atoms with van der Waals surface area (Å²) in [6.07, 6.45) is -17.5. The van der Waals surface area contributed by atoms with E-state index >= 15 is 4.39 Å². The molecule has 0 radical (unpaired) electrons. The first-order valence-electron chi connectivity index (χ1n) is 11.0. The van der Waals surface area contributed by atoms with Crippen molar-refractivity contribution >= 4 is 5.97 Å². The predicted octanol–water partition coefficient (Wildman–Crippen LogP) is 4.63. The van der Waals surface area contributed by atoms with Crippen molar-refractivity contribution < 1.29 is 54.5 Å². The van der Waals surface area contributed by atoms with Crippen molar-refractivity contribution in [1.82, 2.24) is 9.78 Å². The van der Waals surface area contributed by atoms with Crippen LogP contribution in [-0.2, 0) is 30.9 Å². The molecule has 1 aromatic heterocycles. The fourth-order valence-corrected chi connectivity index (χ4v) is 4.85. The summed E-state index contributed by atoms with van der Waals surface area (Å²) in [5.41, 5.74) is -2.96. The van der Waals surface area contributed by atoms with Crippen molar-refractivity contribution in [2.75, 3.05) is 19.8 Å². The van der Waals surface area contributed by atoms with Gasteiger partial charge in [-0.1, -0.05) is 18.2 Å². The van der Waals surface area contributed by atoms with Gasteiger partial charge >= 0.3 is 18.3 Å². The second-order valence-electron chi connectivity index (χ2n) is 8.59. The second-order valence-corrected chi connectivity index (χ2v) is 8.59. The Morgan fingerprint density at radius 3 is 2.33 bits per heavy atom. The van der Waals surface area contributed by atoms with Crippen LogP contribution in [-0.4, -0.2) is 54.0 Å². The van der Waals surface area contributed by atoms with Gasteiger partial charge in [-0.15, -0.1) is 0 Å². The molecule has 1 aromatic carbocycles. The lowest BCUT2D eigenvalue weighted by Crippen LogP contribution is -2.40. The van der Waals surface area contributed by atoms with Crippen LogP contribution >= 0.6 is 0 Å². The Morgan fingerprint density at radius 1 is 1.06 bits per heavy atom. The molecule has 1 aliphatic carbocycles. The maximum Gasteiger partial charge on any atom is 0.435 e. The number of rotatable bonds is 3. The van der Waals surface area contributed by atoms with Crippen LogP contribution in [0.15, 0.2) is 30.3 Å². The highest BCUT2D eigenvalue weighted by atomic mass is 19.4. The van der Waals surface area contributed by atoms with E-state index in [-0.39, 0.29) is 25.2 Å². The summed E-state index contributed by atoms with van der Waals surface area (Å²) in [6, 6.07) is 6.06. The summed E-state index contributed by atoms with van der Waals surface area (Å²) in [4.78, 5) is 12.7. The average Bonchev–Trinajstić information content (AvgIpc) is 3.52. The number of fused-ring (bicyclic) bond motifs is 2. The number of esters is 1. The molecule has 1 spiro atoms. The molecule has 0 N–H and O–H groups in total. The topological polar surface area (TPSA) is 71.8 Å². The Balaban J connectivity index is 1.63. The SMILES string of the molecule is O=C(O[C@H]1c2c(c(C(F)(F)F)nn2[C@H]2CCO[C@@H](C(F)(F)F)C2)C2(OCCO2)[C@@H]1F)c1ccccc1. The fraction of sp³-hybridized carbons (Fsp3) is 0.545. The molecule has 14 heteroatoms. The minimum absolute atomic E-state index is 0.00855. The van der Waals surface area contributed by atoms with Gasteiger partial charge in [0.15, 0.2) is 17.9 Å². The molecular weight excluding hydrogens is 505 g/mol. The number of alkyl halides is 7. The number of carbonyl (C=O) groups is 1. The van der Waals surface area contributed by atoms with E-state index in [0.717, 1.165) is 0 Å². The third-order valence-corrected chi connectivity index (χ3v) is 6.39. The largest absolute Gasteiger partial charge is 0.449 e. The van der Waals surface area contributed by atoms with E-state index in [1.54, 1.807) is 6.07 Å². The van der Waals surface area contributed by atoms with Gasteiger partial charge < -0.3 is 18.9 Å². The molecule has 2 aromatic rings. The lowest BCUT2D eigenvalue weighted by Gasteiger charge is -2.32. The number of aromatic nitrogens is 2. The maximum absolute atomic E-state index is 15.9. The smallest absolute Gasteiger partial charge is 0.435 e. The summed E-state index contributed by atoms with van der Waals surface area (Å²) in [5, 5.41) is 3.58. The van der Waals surface area contributed by atoms with Gasteiger partial charge in [-0.25, -0.2) is 9.18 Å². The third kappa shape index (κ3) is 4.04. The highest BCUT2D eigenvalue weighted by molar-refractivity contribution is 5.89. The molecular formula is C22H19F7N2O5. The lowest BCUT2D eigenvalue weighted by atomic mass is 10.0. The Hall–Kier alpha value is -2.71. The summed E-state index contributed by atoms with van der Waals surface area (Å²) < 4.78 is 120. The number of carbonyl (C=O) groups excluding carboxylic acids is 1. The molecule has 3 aliphatic rings. The van der Waals surface area contributed by atoms with Crippen LogP contribution in [0.5, 0.6) is 0 Å². The van der Waals surface area contributed by atoms with E-state index in [4.69, 9.17) is 18.9 Å². The molecule has 0 bridgehead atoms. The molecule has 0 amide bonds. The fourth-order valence-electron chi connectivity index (χ4n) is 4.85. The van der Waals surface area contributed by atoms with Crippen molar-refractivity contribution in [3.05, 3.63) is 52.8 Å². The number of hydrogen-bond donors (Lipinski definition) is 0. The van der Waals surface area contributed by atoms with Crippen LogP contribution in [0.2, 0.25) is 0 Å². The Kier molecular flexibility index (Phi) is 6.03. The van der Waals surface area contributed by atoms with Gasteiger partial charge in [0, 0.05) is 13.0 Å². The lowest BCUT2D eigenvalue weighted by molar-refractivity contribution is -0.235. The van der Waals surface area contributed by atoms with Crippen molar-refractivity contribution in [3.8, 4) is 0 Å². The minimum atomic E-state index is -5.13. The van der Waals surface area contributed by atoms with Gasteiger partial charge in [-0.05, 0) is 18.6 Å². The molecule has 2 aliphatic heterocycles. The summed E-state index contributed by atoms with van der Waals surface area (Å²) >= 11 is 0. The molecule has 0 unspecified atom stereocenters. The molecule has 2 fully saturated rings. The molecule has 0 saturated carbocycles. The molecule has 2 saturated heterocycles. The number of benzene rings is 1. The zero-order chi connectivity index (χ0) is 25.9. The maximum atomic E-state index is 15.9. The van der Waals surface area contributed by atoms with Crippen LogP contribution in [0.4, 0.5) is 30.7 Å². The summed E-state index contributed by atoms with van der Waals surface area (Å²) in [5.74, 6) is -3.63. The van der Waals surface area contributed by atoms with E-state index < -0.39 is 78.5 Å².